The summed E-state index contributed by atoms with van der Waals surface area (Å²) in [7, 11) is 0. The second-order valence-electron chi connectivity index (χ2n) is 17.2. The van der Waals surface area contributed by atoms with E-state index in [1.54, 1.807) is 0 Å². The van der Waals surface area contributed by atoms with E-state index in [9.17, 15) is 5.11 Å². The fourth-order valence-electron chi connectivity index (χ4n) is 7.75. The first kappa shape index (κ1) is 41.3. The molecule has 0 aliphatic rings. The number of aromatic nitrogens is 2. The maximum Gasteiger partial charge on any atom is 0.128 e. The minimum Gasteiger partial charge on any atom is -0.507 e. The molecule has 0 amide bonds. The van der Waals surface area contributed by atoms with Crippen molar-refractivity contribution in [3.63, 3.8) is 0 Å². The van der Waals surface area contributed by atoms with Crippen molar-refractivity contribution in [2.45, 2.75) is 58.8 Å². The number of aromatic hydroxyl groups is 1. The van der Waals surface area contributed by atoms with E-state index in [0.717, 1.165) is 67.9 Å². The van der Waals surface area contributed by atoms with Gasteiger partial charge in [0.2, 0.25) is 0 Å². The molecule has 8 aromatic rings. The van der Waals surface area contributed by atoms with Gasteiger partial charge in [0.1, 0.15) is 5.75 Å². The summed E-state index contributed by atoms with van der Waals surface area (Å²) in [5.41, 5.74) is 15.5. The molecule has 0 bridgehead atoms. The molecular weight excluding hydrogens is 900 g/mol. The average molecular weight is 949 g/mol. The molecule has 2 heterocycles. The van der Waals surface area contributed by atoms with Crippen LogP contribution in [0.3, 0.4) is 0 Å². The first-order valence-electron chi connectivity index (χ1n) is 20.1. The predicted octanol–water partition coefficient (Wildman–Crippen LogP) is 14.2. The number of hydrogen-bond acceptors (Lipinski definition) is 3. The molecule has 3 nitrogen and oxygen atoms in total. The smallest absolute Gasteiger partial charge is 0.128 e. The van der Waals surface area contributed by atoms with Crippen molar-refractivity contribution in [1.29, 1.82) is 0 Å². The van der Waals surface area contributed by atoms with E-state index < -0.39 is 0 Å². The van der Waals surface area contributed by atoms with Crippen molar-refractivity contribution < 1.29 is 26.2 Å². The molecule has 0 aliphatic carbocycles. The quantitative estimate of drug-likeness (QED) is 0.154. The van der Waals surface area contributed by atoms with Crippen LogP contribution in [0.1, 0.15) is 63.8 Å². The van der Waals surface area contributed by atoms with Gasteiger partial charge < -0.3 is 5.11 Å². The van der Waals surface area contributed by atoms with Crippen molar-refractivity contribution in [1.82, 2.24) is 9.97 Å². The molecule has 59 heavy (non-hydrogen) atoms. The van der Waals surface area contributed by atoms with Crippen molar-refractivity contribution in [3.05, 3.63) is 198 Å². The number of pyridine rings is 2. The molecule has 0 fully saturated rings. The van der Waals surface area contributed by atoms with E-state index in [2.05, 4.69) is 187 Å². The van der Waals surface area contributed by atoms with Crippen LogP contribution in [0.4, 0.5) is 0 Å². The molecule has 0 saturated heterocycles. The van der Waals surface area contributed by atoms with Gasteiger partial charge in [0.15, 0.2) is 0 Å². The van der Waals surface area contributed by atoms with Gasteiger partial charge in [-0.2, -0.15) is 0 Å². The van der Waals surface area contributed by atoms with Crippen LogP contribution in [0.25, 0.3) is 67.2 Å². The second-order valence-corrected chi connectivity index (χ2v) is 17.2. The molecule has 0 aliphatic heterocycles. The first-order valence-corrected chi connectivity index (χ1v) is 20.1. The Morgan fingerprint density at radius 1 is 0.458 bits per heavy atom. The summed E-state index contributed by atoms with van der Waals surface area (Å²) in [4.78, 5) is 10.3. The zero-order valence-corrected chi connectivity index (χ0v) is 36.8. The molecule has 0 saturated carbocycles. The maximum atomic E-state index is 11.8. The van der Waals surface area contributed by atoms with Crippen molar-refractivity contribution in [3.8, 4) is 72.9 Å². The molecule has 6 aromatic carbocycles. The van der Waals surface area contributed by atoms with E-state index in [1.165, 1.54) is 16.7 Å². The molecule has 0 spiro atoms. The van der Waals surface area contributed by atoms with Gasteiger partial charge in [-0.25, -0.2) is 0 Å². The number of para-hydroxylation sites is 1. The number of nitrogens with zero attached hydrogens (tertiary/aromatic N) is 2. The topological polar surface area (TPSA) is 46.0 Å². The van der Waals surface area contributed by atoms with Gasteiger partial charge in [-0.1, -0.05) is 192 Å². The summed E-state index contributed by atoms with van der Waals surface area (Å²) < 4.78 is 0. The second kappa shape index (κ2) is 17.1. The minimum absolute atomic E-state index is 0. The van der Waals surface area contributed by atoms with Gasteiger partial charge in [-0.05, 0) is 85.5 Å². The summed E-state index contributed by atoms with van der Waals surface area (Å²) in [5, 5.41) is 11.8. The summed E-state index contributed by atoms with van der Waals surface area (Å²) in [6.45, 7) is 13.1. The summed E-state index contributed by atoms with van der Waals surface area (Å²) >= 11 is 0. The SMILES string of the molecule is CC(C)(C)c1ccccc1-c1cc(-c2[c-]c(-c3cc(-c4ccccc4)ccn3)cc(-c3ccc(Cc4ccccc4)cc3)c2)nc(-c2cccc(C(C)(C)C)c2O)c1.[Pt]. The molecule has 0 radical (unpaired) electrons. The number of phenolic OH excluding ortho intramolecular Hbond substituents is 1. The Labute approximate surface area is 364 Å². The third-order valence-electron chi connectivity index (χ3n) is 10.8. The molecule has 0 unspecified atom stereocenters. The first-order chi connectivity index (χ1) is 27.9. The Morgan fingerprint density at radius 2 is 1.00 bits per heavy atom. The predicted molar refractivity (Wildman–Crippen MR) is 242 cm³/mol. The third kappa shape index (κ3) is 9.22. The Balaban J connectivity index is 0.00000528. The summed E-state index contributed by atoms with van der Waals surface area (Å²) in [6.07, 6.45) is 2.75. The fourth-order valence-corrected chi connectivity index (χ4v) is 7.75. The van der Waals surface area contributed by atoms with Crippen molar-refractivity contribution in [2.75, 3.05) is 0 Å². The Bertz CT molecular complexity index is 2710. The van der Waals surface area contributed by atoms with E-state index >= 15 is 0 Å². The molecule has 8 rings (SSSR count). The van der Waals surface area contributed by atoms with E-state index in [1.807, 2.05) is 30.5 Å². The van der Waals surface area contributed by atoms with Gasteiger partial charge >= 0.3 is 0 Å². The van der Waals surface area contributed by atoms with Crippen LogP contribution in [-0.2, 0) is 38.3 Å². The van der Waals surface area contributed by atoms with Gasteiger partial charge in [-0.15, -0.1) is 18.2 Å². The van der Waals surface area contributed by atoms with Crippen LogP contribution in [-0.4, -0.2) is 15.1 Å². The van der Waals surface area contributed by atoms with Gasteiger partial charge in [-0.3, -0.25) is 9.97 Å². The monoisotopic (exact) mass is 948 g/mol. The van der Waals surface area contributed by atoms with Crippen molar-refractivity contribution in [2.24, 2.45) is 0 Å². The number of benzene rings is 6. The molecule has 296 valence electrons. The molecular formula is C55H49N2OPt-. The minimum atomic E-state index is -0.256. The van der Waals surface area contributed by atoms with Gasteiger partial charge in [0.05, 0.1) is 5.69 Å². The zero-order valence-electron chi connectivity index (χ0n) is 34.5. The number of phenols is 1. The van der Waals surface area contributed by atoms with Gasteiger partial charge in [0.25, 0.3) is 0 Å². The number of rotatable bonds is 8. The standard InChI is InChI=1S/C55H49N2O.Pt/c1-54(2,3)48-22-14-13-20-46(48)43-35-51(57-52(36-43)47-21-15-23-49(53(47)58)55(4,5)6)45-32-42(40-26-24-38(25-27-40)30-37-16-9-7-10-17-37)31-44(33-45)50-34-41(28-29-56-50)39-18-11-8-12-19-39;/h7-29,31-32,34-36,58H,30H2,1-6H3;/q-1;. The fraction of sp³-hybridized carbons (Fsp3) is 0.164. The van der Waals surface area contributed by atoms with Crippen LogP contribution >= 0.6 is 0 Å². The molecule has 2 aromatic heterocycles. The molecule has 1 N–H and O–H groups in total. The van der Waals surface area contributed by atoms with E-state index in [0.29, 0.717) is 11.3 Å². The Hall–Kier alpha value is -5.89. The van der Waals surface area contributed by atoms with Crippen LogP contribution < -0.4 is 0 Å². The Kier molecular flexibility index (Phi) is 12.0. The van der Waals surface area contributed by atoms with Crippen LogP contribution in [0.5, 0.6) is 5.75 Å². The molecule has 0 atom stereocenters. The van der Waals surface area contributed by atoms with E-state index in [4.69, 9.17) is 9.97 Å². The normalized spacial score (nSPS) is 11.6. The maximum absolute atomic E-state index is 11.8. The number of hydrogen-bond donors (Lipinski definition) is 1. The third-order valence-corrected chi connectivity index (χ3v) is 10.8. The zero-order chi connectivity index (χ0) is 40.4. The summed E-state index contributed by atoms with van der Waals surface area (Å²) in [5.74, 6) is 0.255. The largest absolute Gasteiger partial charge is 0.507 e. The summed E-state index contributed by atoms with van der Waals surface area (Å²) in [6, 6.07) is 61.1. The Morgan fingerprint density at radius 3 is 1.69 bits per heavy atom. The van der Waals surface area contributed by atoms with Crippen molar-refractivity contribution >= 4 is 0 Å². The van der Waals surface area contributed by atoms with Gasteiger partial charge in [0, 0.05) is 44.2 Å². The molecule has 4 heteroatoms. The van der Waals surface area contributed by atoms with Crippen LogP contribution in [0, 0.1) is 6.07 Å². The van der Waals surface area contributed by atoms with Crippen LogP contribution in [0.2, 0.25) is 0 Å². The average Bonchev–Trinajstić information content (AvgIpc) is 3.24. The van der Waals surface area contributed by atoms with Crippen LogP contribution in [0.15, 0.2) is 170 Å². The van der Waals surface area contributed by atoms with E-state index in [-0.39, 0.29) is 37.6 Å².